The molecule has 80 valence electrons. The summed E-state index contributed by atoms with van der Waals surface area (Å²) in [5.41, 5.74) is 0. The molecule has 0 unspecified atom stereocenters. The van der Waals surface area contributed by atoms with Gasteiger partial charge < -0.3 is 4.74 Å². The van der Waals surface area contributed by atoms with E-state index < -0.39 is 6.09 Å². The molecule has 4 heteroatoms. The smallest absolute Gasteiger partial charge is 0.416 e. The van der Waals surface area contributed by atoms with Gasteiger partial charge in [0.25, 0.3) is 0 Å². The fourth-order valence-electron chi connectivity index (χ4n) is 1.46. The molecule has 0 aromatic heterocycles. The number of amides is 2. The zero-order valence-corrected chi connectivity index (χ0v) is 9.11. The third-order valence-electron chi connectivity index (χ3n) is 2.41. The number of hydrogen-bond donors (Lipinski definition) is 0. The van der Waals surface area contributed by atoms with Crippen LogP contribution in [-0.2, 0) is 9.53 Å². The molecule has 0 aromatic carbocycles. The monoisotopic (exact) mass is 199 g/mol. The highest BCUT2D eigenvalue weighted by Gasteiger charge is 2.40. The van der Waals surface area contributed by atoms with E-state index in [0.29, 0.717) is 6.61 Å². The van der Waals surface area contributed by atoms with Crippen LogP contribution in [0.25, 0.3) is 0 Å². The topological polar surface area (TPSA) is 46.6 Å². The standard InChI is InChI=1S/C10H17NO3/c1-6(2)8-5-14-10(13)11(8)9(12)7(3)4/h6-8H,5H2,1-4H3/t8-/m1/s1. The van der Waals surface area contributed by atoms with Gasteiger partial charge >= 0.3 is 6.09 Å². The van der Waals surface area contributed by atoms with Crippen LogP contribution in [0.15, 0.2) is 0 Å². The Kier molecular flexibility index (Phi) is 3.13. The Bertz CT molecular complexity index is 248. The van der Waals surface area contributed by atoms with Crippen molar-refractivity contribution in [2.75, 3.05) is 6.61 Å². The normalized spacial score (nSPS) is 22.0. The predicted molar refractivity (Wildman–Crippen MR) is 51.7 cm³/mol. The second-order valence-electron chi connectivity index (χ2n) is 4.25. The van der Waals surface area contributed by atoms with E-state index >= 15 is 0 Å². The van der Waals surface area contributed by atoms with E-state index in [2.05, 4.69) is 0 Å². The Morgan fingerprint density at radius 2 is 2.00 bits per heavy atom. The Morgan fingerprint density at radius 3 is 2.43 bits per heavy atom. The maximum Gasteiger partial charge on any atom is 0.416 e. The van der Waals surface area contributed by atoms with Crippen molar-refractivity contribution in [2.45, 2.75) is 33.7 Å². The van der Waals surface area contributed by atoms with Crippen LogP contribution < -0.4 is 0 Å². The Labute approximate surface area is 84.2 Å². The second-order valence-corrected chi connectivity index (χ2v) is 4.25. The largest absolute Gasteiger partial charge is 0.447 e. The highest BCUT2D eigenvalue weighted by Crippen LogP contribution is 2.21. The zero-order chi connectivity index (χ0) is 10.9. The van der Waals surface area contributed by atoms with Gasteiger partial charge in [-0.15, -0.1) is 0 Å². The molecule has 14 heavy (non-hydrogen) atoms. The van der Waals surface area contributed by atoms with Crippen LogP contribution >= 0.6 is 0 Å². The molecule has 1 saturated heterocycles. The molecular weight excluding hydrogens is 182 g/mol. The lowest BCUT2D eigenvalue weighted by atomic mass is 10.0. The van der Waals surface area contributed by atoms with Crippen molar-refractivity contribution >= 4 is 12.0 Å². The summed E-state index contributed by atoms with van der Waals surface area (Å²) in [5, 5.41) is 0. The van der Waals surface area contributed by atoms with E-state index in [0.717, 1.165) is 0 Å². The third kappa shape index (κ3) is 1.89. The maximum atomic E-state index is 11.7. The highest BCUT2D eigenvalue weighted by molar-refractivity contribution is 5.94. The number of carbonyl (C=O) groups excluding carboxylic acids is 2. The lowest BCUT2D eigenvalue weighted by Crippen LogP contribution is -2.43. The molecule has 0 bridgehead atoms. The van der Waals surface area contributed by atoms with Crippen molar-refractivity contribution in [3.05, 3.63) is 0 Å². The molecule has 1 aliphatic rings. The Morgan fingerprint density at radius 1 is 1.43 bits per heavy atom. The molecule has 4 nitrogen and oxygen atoms in total. The van der Waals surface area contributed by atoms with Gasteiger partial charge in [0.15, 0.2) is 0 Å². The first kappa shape index (κ1) is 11.0. The van der Waals surface area contributed by atoms with Crippen LogP contribution in [0.5, 0.6) is 0 Å². The molecule has 0 N–H and O–H groups in total. The van der Waals surface area contributed by atoms with E-state index in [1.807, 2.05) is 13.8 Å². The number of rotatable bonds is 2. The zero-order valence-electron chi connectivity index (χ0n) is 9.11. The second kappa shape index (κ2) is 3.98. The van der Waals surface area contributed by atoms with Crippen LogP contribution in [0, 0.1) is 11.8 Å². The van der Waals surface area contributed by atoms with Crippen molar-refractivity contribution in [3.8, 4) is 0 Å². The minimum Gasteiger partial charge on any atom is -0.447 e. The van der Waals surface area contributed by atoms with Crippen molar-refractivity contribution in [2.24, 2.45) is 11.8 Å². The van der Waals surface area contributed by atoms with Crippen molar-refractivity contribution in [1.29, 1.82) is 0 Å². The van der Waals surface area contributed by atoms with Gasteiger partial charge in [-0.1, -0.05) is 27.7 Å². The van der Waals surface area contributed by atoms with Crippen molar-refractivity contribution in [1.82, 2.24) is 4.90 Å². The molecule has 1 rings (SSSR count). The molecule has 0 radical (unpaired) electrons. The van der Waals surface area contributed by atoms with Crippen LogP contribution in [-0.4, -0.2) is 29.5 Å². The average Bonchev–Trinajstić information content (AvgIpc) is 2.45. The molecule has 0 aromatic rings. The van der Waals surface area contributed by atoms with E-state index in [9.17, 15) is 9.59 Å². The van der Waals surface area contributed by atoms with Gasteiger partial charge in [-0.05, 0) is 5.92 Å². The SMILES string of the molecule is CC(C)C(=O)N1C(=O)OC[C@@H]1C(C)C. The number of carbonyl (C=O) groups is 2. The fourth-order valence-corrected chi connectivity index (χ4v) is 1.46. The molecule has 2 amide bonds. The van der Waals surface area contributed by atoms with Gasteiger partial charge in [0.2, 0.25) is 5.91 Å². The average molecular weight is 199 g/mol. The van der Waals surface area contributed by atoms with Gasteiger partial charge in [-0.3, -0.25) is 4.79 Å². The van der Waals surface area contributed by atoms with Crippen LogP contribution in [0.3, 0.4) is 0 Å². The van der Waals surface area contributed by atoms with Gasteiger partial charge in [0.1, 0.15) is 6.61 Å². The van der Waals surface area contributed by atoms with Crippen LogP contribution in [0.2, 0.25) is 0 Å². The molecular formula is C10H17NO3. The first-order valence-corrected chi connectivity index (χ1v) is 4.95. The minimum atomic E-state index is -0.498. The lowest BCUT2D eigenvalue weighted by molar-refractivity contribution is -0.132. The number of cyclic esters (lactones) is 1. The molecule has 1 aliphatic heterocycles. The molecule has 0 saturated carbocycles. The van der Waals surface area contributed by atoms with Gasteiger partial charge in [-0.2, -0.15) is 0 Å². The molecule has 1 atom stereocenters. The summed E-state index contributed by atoms with van der Waals surface area (Å²) in [4.78, 5) is 24.3. The van der Waals surface area contributed by atoms with Gasteiger partial charge in [-0.25, -0.2) is 9.69 Å². The van der Waals surface area contributed by atoms with E-state index in [1.54, 1.807) is 13.8 Å². The van der Waals surface area contributed by atoms with E-state index in [-0.39, 0.29) is 23.8 Å². The summed E-state index contributed by atoms with van der Waals surface area (Å²) >= 11 is 0. The summed E-state index contributed by atoms with van der Waals surface area (Å²) in [7, 11) is 0. The van der Waals surface area contributed by atoms with E-state index in [1.165, 1.54) is 4.90 Å². The van der Waals surface area contributed by atoms with Gasteiger partial charge in [0, 0.05) is 5.92 Å². The first-order valence-electron chi connectivity index (χ1n) is 4.95. The molecule has 1 heterocycles. The molecule has 0 aliphatic carbocycles. The number of imide groups is 1. The van der Waals surface area contributed by atoms with Crippen molar-refractivity contribution < 1.29 is 14.3 Å². The highest BCUT2D eigenvalue weighted by atomic mass is 16.6. The quantitative estimate of drug-likeness (QED) is 0.679. The summed E-state index contributed by atoms with van der Waals surface area (Å²) in [6.45, 7) is 7.85. The number of nitrogens with zero attached hydrogens (tertiary/aromatic N) is 1. The van der Waals surface area contributed by atoms with Crippen LogP contribution in [0.1, 0.15) is 27.7 Å². The van der Waals surface area contributed by atoms with Crippen LogP contribution in [0.4, 0.5) is 4.79 Å². The maximum absolute atomic E-state index is 11.7. The lowest BCUT2D eigenvalue weighted by Gasteiger charge is -2.23. The van der Waals surface area contributed by atoms with Crippen molar-refractivity contribution in [3.63, 3.8) is 0 Å². The summed E-state index contributed by atoms with van der Waals surface area (Å²) in [6.07, 6.45) is -0.498. The third-order valence-corrected chi connectivity index (χ3v) is 2.41. The molecule has 1 fully saturated rings. The minimum absolute atomic E-state index is 0.0996. The summed E-state index contributed by atoms with van der Waals surface area (Å²) in [5.74, 6) is -0.0720. The first-order chi connectivity index (χ1) is 6.45. The number of hydrogen-bond acceptors (Lipinski definition) is 3. The Hall–Kier alpha value is -1.06. The van der Waals surface area contributed by atoms with Gasteiger partial charge in [0.05, 0.1) is 6.04 Å². The predicted octanol–water partition coefficient (Wildman–Crippen LogP) is 1.65. The van der Waals surface area contributed by atoms with E-state index in [4.69, 9.17) is 4.74 Å². The number of ether oxygens (including phenoxy) is 1. The fraction of sp³-hybridized carbons (Fsp3) is 0.800. The summed E-state index contributed by atoms with van der Waals surface area (Å²) < 4.78 is 4.88. The Balaban J connectivity index is 2.82. The summed E-state index contributed by atoms with van der Waals surface area (Å²) in [6, 6.07) is -0.0996. The molecule has 0 spiro atoms.